The van der Waals surface area contributed by atoms with Crippen LogP contribution in [-0.2, 0) is 13.1 Å². The second kappa shape index (κ2) is 17.3. The molecule has 0 fully saturated rings. The average molecular weight is 763 g/mol. The number of pyridine rings is 2. The zero-order valence-electron chi connectivity index (χ0n) is 33.3. The van der Waals surface area contributed by atoms with Crippen molar-refractivity contribution in [2.45, 2.75) is 13.1 Å². The first-order valence-corrected chi connectivity index (χ1v) is 19.3. The van der Waals surface area contributed by atoms with E-state index in [0.29, 0.717) is 0 Å². The molecule has 0 unspecified atom stereocenters. The molecule has 0 atom stereocenters. The number of nitrogens with zero attached hydrogens (tertiary/aromatic N) is 2. The van der Waals surface area contributed by atoms with E-state index in [2.05, 4.69) is 143 Å². The normalized spacial score (nSPS) is 10.9. The van der Waals surface area contributed by atoms with Crippen LogP contribution in [-0.4, -0.2) is 28.4 Å². The van der Waals surface area contributed by atoms with Crippen LogP contribution in [0, 0.1) is 0 Å². The number of aromatic nitrogens is 2. The number of hydrogen-bond donors (Lipinski definition) is 0. The standard InChI is InChI=1S/C52H46N2O4/c1-55-49-13-5-39(6-14-49)45-29-37(30-46(33-45)40-7-15-50(56-2)16-8-40)35-53-25-21-43(22-26-53)44-23-27-54(28-24-44)36-38-31-47(41-9-17-51(57-3)18-10-41)34-48(32-38)42-11-19-52(58-4)20-12-42/h5-34H,35-36H2,1-4H3/q+2. The fourth-order valence-corrected chi connectivity index (χ4v) is 7.30. The van der Waals surface area contributed by atoms with Gasteiger partial charge in [-0.2, -0.15) is 0 Å². The molecule has 0 spiro atoms. The first-order valence-electron chi connectivity index (χ1n) is 19.3. The Kier molecular flexibility index (Phi) is 11.3. The monoisotopic (exact) mass is 762 g/mol. The topological polar surface area (TPSA) is 44.7 Å². The molecule has 0 saturated heterocycles. The highest BCUT2D eigenvalue weighted by Crippen LogP contribution is 2.32. The molecule has 58 heavy (non-hydrogen) atoms. The number of hydrogen-bond acceptors (Lipinski definition) is 4. The Labute approximate surface area is 340 Å². The van der Waals surface area contributed by atoms with Gasteiger partial charge in [-0.3, -0.25) is 0 Å². The Morgan fingerprint density at radius 1 is 0.276 bits per heavy atom. The quantitative estimate of drug-likeness (QED) is 0.110. The van der Waals surface area contributed by atoms with Gasteiger partial charge in [0.25, 0.3) is 0 Å². The Morgan fingerprint density at radius 3 is 0.724 bits per heavy atom. The van der Waals surface area contributed by atoms with Crippen molar-refractivity contribution < 1.29 is 28.1 Å². The van der Waals surface area contributed by atoms with Gasteiger partial charge in [0.05, 0.1) is 28.4 Å². The van der Waals surface area contributed by atoms with Crippen LogP contribution in [0.5, 0.6) is 23.0 Å². The van der Waals surface area contributed by atoms with Crippen LogP contribution in [0.1, 0.15) is 11.1 Å². The molecule has 0 N–H and O–H groups in total. The van der Waals surface area contributed by atoms with Gasteiger partial charge in [-0.1, -0.05) is 48.5 Å². The lowest BCUT2D eigenvalue weighted by Crippen LogP contribution is -2.33. The number of benzene rings is 6. The van der Waals surface area contributed by atoms with Crippen molar-refractivity contribution in [3.05, 3.63) is 194 Å². The zero-order chi connectivity index (χ0) is 39.8. The molecule has 0 aliphatic carbocycles. The first kappa shape index (κ1) is 37.7. The molecule has 8 rings (SSSR count). The Balaban J connectivity index is 1.02. The van der Waals surface area contributed by atoms with Gasteiger partial charge in [0.1, 0.15) is 23.0 Å². The summed E-state index contributed by atoms with van der Waals surface area (Å²) in [5.74, 6) is 3.37. The van der Waals surface area contributed by atoms with Crippen LogP contribution in [0.25, 0.3) is 55.6 Å². The van der Waals surface area contributed by atoms with Crippen LogP contribution in [0.2, 0.25) is 0 Å². The van der Waals surface area contributed by atoms with Crippen molar-refractivity contribution in [1.82, 2.24) is 0 Å². The van der Waals surface area contributed by atoms with Gasteiger partial charge in [-0.15, -0.1) is 0 Å². The summed E-state index contributed by atoms with van der Waals surface area (Å²) in [5, 5.41) is 0. The van der Waals surface area contributed by atoms with Gasteiger partial charge in [0, 0.05) is 35.4 Å². The van der Waals surface area contributed by atoms with Gasteiger partial charge >= 0.3 is 0 Å². The van der Waals surface area contributed by atoms with E-state index in [4.69, 9.17) is 18.9 Å². The minimum absolute atomic E-state index is 0.732. The SMILES string of the molecule is COc1ccc(-c2cc(C[n+]3ccc(-c4cc[n+](Cc5cc(-c6ccc(OC)cc6)cc(-c6ccc(OC)cc6)c5)cc4)cc3)cc(-c3ccc(OC)cc3)c2)cc1. The summed E-state index contributed by atoms with van der Waals surface area (Å²) < 4.78 is 26.1. The predicted octanol–water partition coefficient (Wildman–Crippen LogP) is 10.7. The minimum atomic E-state index is 0.732. The fourth-order valence-electron chi connectivity index (χ4n) is 7.30. The largest absolute Gasteiger partial charge is 0.497 e. The van der Waals surface area contributed by atoms with E-state index in [9.17, 15) is 0 Å². The molecule has 6 nitrogen and oxygen atoms in total. The van der Waals surface area contributed by atoms with E-state index < -0.39 is 0 Å². The van der Waals surface area contributed by atoms with Crippen molar-refractivity contribution in [3.8, 4) is 78.6 Å². The highest BCUT2D eigenvalue weighted by molar-refractivity contribution is 5.76. The average Bonchev–Trinajstić information content (AvgIpc) is 3.29. The summed E-state index contributed by atoms with van der Waals surface area (Å²) in [4.78, 5) is 0. The van der Waals surface area contributed by atoms with Crippen molar-refractivity contribution in [1.29, 1.82) is 0 Å². The van der Waals surface area contributed by atoms with E-state index in [0.717, 1.165) is 91.7 Å². The number of rotatable bonds is 13. The summed E-state index contributed by atoms with van der Waals surface area (Å²) in [6, 6.07) is 55.3. The third-order valence-electron chi connectivity index (χ3n) is 10.5. The highest BCUT2D eigenvalue weighted by atomic mass is 16.5. The minimum Gasteiger partial charge on any atom is -0.497 e. The molecule has 6 aromatic carbocycles. The van der Waals surface area contributed by atoms with Crippen LogP contribution >= 0.6 is 0 Å². The van der Waals surface area contributed by atoms with Crippen LogP contribution < -0.4 is 28.1 Å². The fraction of sp³-hybridized carbons (Fsp3) is 0.115. The van der Waals surface area contributed by atoms with E-state index in [1.165, 1.54) is 11.1 Å². The van der Waals surface area contributed by atoms with Gasteiger partial charge in [-0.05, 0) is 141 Å². The molecule has 0 bridgehead atoms. The first-order chi connectivity index (χ1) is 28.5. The van der Waals surface area contributed by atoms with Gasteiger partial charge in [-0.25, -0.2) is 9.13 Å². The zero-order valence-corrected chi connectivity index (χ0v) is 33.3. The lowest BCUT2D eigenvalue weighted by Gasteiger charge is -2.11. The van der Waals surface area contributed by atoms with Crippen molar-refractivity contribution in [2.24, 2.45) is 0 Å². The molecule has 286 valence electrons. The second-order valence-electron chi connectivity index (χ2n) is 14.3. The summed E-state index contributed by atoms with van der Waals surface area (Å²) in [6.45, 7) is 1.46. The van der Waals surface area contributed by atoms with Crippen molar-refractivity contribution in [2.75, 3.05) is 28.4 Å². The molecule has 0 aliphatic heterocycles. The van der Waals surface area contributed by atoms with Gasteiger partial charge < -0.3 is 18.9 Å². The van der Waals surface area contributed by atoms with E-state index in [-0.39, 0.29) is 0 Å². The summed E-state index contributed by atoms with van der Waals surface area (Å²) >= 11 is 0. The lowest BCUT2D eigenvalue weighted by atomic mass is 9.96. The Hall–Kier alpha value is -7.18. The van der Waals surface area contributed by atoms with E-state index >= 15 is 0 Å². The van der Waals surface area contributed by atoms with Crippen LogP contribution in [0.3, 0.4) is 0 Å². The molecule has 0 radical (unpaired) electrons. The number of methoxy groups -OCH3 is 4. The predicted molar refractivity (Wildman–Crippen MR) is 231 cm³/mol. The lowest BCUT2D eigenvalue weighted by molar-refractivity contribution is -0.688. The van der Waals surface area contributed by atoms with Gasteiger partial charge in [0.2, 0.25) is 0 Å². The number of ether oxygens (including phenoxy) is 4. The molecule has 6 heteroatoms. The van der Waals surface area contributed by atoms with Crippen LogP contribution in [0.4, 0.5) is 0 Å². The molecule has 2 aromatic heterocycles. The smallest absolute Gasteiger partial charge is 0.173 e. The highest BCUT2D eigenvalue weighted by Gasteiger charge is 2.13. The Bertz CT molecular complexity index is 2280. The molecule has 2 heterocycles. The molecular formula is C52H46N2O4+2. The third kappa shape index (κ3) is 8.77. The van der Waals surface area contributed by atoms with Crippen LogP contribution in [0.15, 0.2) is 183 Å². The van der Waals surface area contributed by atoms with Gasteiger partial charge in [0.15, 0.2) is 37.9 Å². The Morgan fingerprint density at radius 2 is 0.500 bits per heavy atom. The van der Waals surface area contributed by atoms with Crippen molar-refractivity contribution in [3.63, 3.8) is 0 Å². The maximum atomic E-state index is 5.42. The van der Waals surface area contributed by atoms with Crippen molar-refractivity contribution >= 4 is 0 Å². The molecule has 8 aromatic rings. The molecular weight excluding hydrogens is 717 g/mol. The molecule has 0 aliphatic rings. The maximum absolute atomic E-state index is 5.42. The third-order valence-corrected chi connectivity index (χ3v) is 10.5. The summed E-state index contributed by atoms with van der Waals surface area (Å²) in [5.41, 5.74) is 13.9. The summed E-state index contributed by atoms with van der Waals surface area (Å²) in [6.07, 6.45) is 8.65. The maximum Gasteiger partial charge on any atom is 0.173 e. The van der Waals surface area contributed by atoms with E-state index in [1.807, 2.05) is 48.5 Å². The molecule has 0 amide bonds. The van der Waals surface area contributed by atoms with E-state index in [1.54, 1.807) is 28.4 Å². The second-order valence-corrected chi connectivity index (χ2v) is 14.3. The molecule has 0 saturated carbocycles. The summed E-state index contributed by atoms with van der Waals surface area (Å²) in [7, 11) is 6.78.